The van der Waals surface area contributed by atoms with Gasteiger partial charge in [0.25, 0.3) is 0 Å². The number of hydrogen-bond donors (Lipinski definition) is 1. The fourth-order valence-corrected chi connectivity index (χ4v) is 3.37. The van der Waals surface area contributed by atoms with E-state index in [0.29, 0.717) is 0 Å². The van der Waals surface area contributed by atoms with E-state index in [1.54, 1.807) is 11.1 Å². The van der Waals surface area contributed by atoms with Crippen molar-refractivity contribution >= 4 is 5.69 Å². The Morgan fingerprint density at radius 3 is 2.84 bits per heavy atom. The molecule has 3 rings (SSSR count). The molecule has 0 atom stereocenters. The van der Waals surface area contributed by atoms with Crippen LogP contribution in [0.25, 0.3) is 0 Å². The number of para-hydroxylation sites is 1. The van der Waals surface area contributed by atoms with Crippen LogP contribution in [0.2, 0.25) is 0 Å². The topological polar surface area (TPSA) is 18.5 Å². The highest BCUT2D eigenvalue weighted by Crippen LogP contribution is 2.30. The first-order chi connectivity index (χ1) is 9.34. The van der Waals surface area contributed by atoms with Gasteiger partial charge in [0, 0.05) is 52.0 Å². The molecule has 3 heteroatoms. The van der Waals surface area contributed by atoms with E-state index < -0.39 is 0 Å². The number of anilines is 1. The van der Waals surface area contributed by atoms with Gasteiger partial charge in [0.15, 0.2) is 0 Å². The van der Waals surface area contributed by atoms with E-state index in [2.05, 4.69) is 40.4 Å². The Labute approximate surface area is 116 Å². The largest absolute Gasteiger partial charge is 0.374 e. The van der Waals surface area contributed by atoms with Gasteiger partial charge in [-0.05, 0) is 30.4 Å². The van der Waals surface area contributed by atoms with Crippen LogP contribution in [0.3, 0.4) is 0 Å². The van der Waals surface area contributed by atoms with Gasteiger partial charge in [-0.15, -0.1) is 0 Å². The number of aryl methyl sites for hydroxylation is 1. The second-order valence-corrected chi connectivity index (χ2v) is 5.79. The fourth-order valence-electron chi connectivity index (χ4n) is 3.37. The first-order valence-corrected chi connectivity index (χ1v) is 7.59. The molecule has 0 saturated carbocycles. The number of fused-ring (bicyclic) bond motifs is 1. The van der Waals surface area contributed by atoms with Crippen molar-refractivity contribution in [2.75, 3.05) is 51.2 Å². The average molecular weight is 259 g/mol. The van der Waals surface area contributed by atoms with Crippen LogP contribution in [0.5, 0.6) is 0 Å². The van der Waals surface area contributed by atoms with Gasteiger partial charge in [-0.2, -0.15) is 0 Å². The van der Waals surface area contributed by atoms with Gasteiger partial charge >= 0.3 is 0 Å². The molecule has 0 aliphatic carbocycles. The van der Waals surface area contributed by atoms with Crippen LogP contribution >= 0.6 is 0 Å². The van der Waals surface area contributed by atoms with E-state index in [1.165, 1.54) is 51.1 Å². The van der Waals surface area contributed by atoms with Crippen molar-refractivity contribution in [3.63, 3.8) is 0 Å². The van der Waals surface area contributed by atoms with Crippen molar-refractivity contribution in [1.29, 1.82) is 0 Å². The van der Waals surface area contributed by atoms with Gasteiger partial charge in [0.1, 0.15) is 0 Å². The summed E-state index contributed by atoms with van der Waals surface area (Å²) in [5.74, 6) is 0. The van der Waals surface area contributed by atoms with Gasteiger partial charge in [-0.1, -0.05) is 18.2 Å². The molecule has 0 bridgehead atoms. The Morgan fingerprint density at radius 1 is 1.16 bits per heavy atom. The van der Waals surface area contributed by atoms with Crippen LogP contribution in [0.4, 0.5) is 5.69 Å². The zero-order valence-corrected chi connectivity index (χ0v) is 12.0. The third-order valence-electron chi connectivity index (χ3n) is 4.43. The van der Waals surface area contributed by atoms with Gasteiger partial charge in [-0.3, -0.25) is 0 Å². The SMILES string of the molecule is CN1CCCc2cccc(CCN3CCNCC3)c21. The number of benzene rings is 1. The van der Waals surface area contributed by atoms with Gasteiger partial charge in [0.2, 0.25) is 0 Å². The van der Waals surface area contributed by atoms with Crippen molar-refractivity contribution < 1.29 is 0 Å². The Balaban J connectivity index is 1.70. The average Bonchev–Trinajstić information content (AvgIpc) is 2.46. The molecule has 19 heavy (non-hydrogen) atoms. The molecule has 3 nitrogen and oxygen atoms in total. The highest BCUT2D eigenvalue weighted by atomic mass is 15.2. The molecule has 0 aromatic heterocycles. The summed E-state index contributed by atoms with van der Waals surface area (Å²) in [7, 11) is 2.24. The molecule has 1 aromatic rings. The fraction of sp³-hybridized carbons (Fsp3) is 0.625. The minimum absolute atomic E-state index is 1.15. The lowest BCUT2D eigenvalue weighted by Crippen LogP contribution is -2.44. The first kappa shape index (κ1) is 12.9. The molecule has 2 heterocycles. The van der Waals surface area contributed by atoms with Crippen LogP contribution < -0.4 is 10.2 Å². The molecule has 0 unspecified atom stereocenters. The normalized spacial score (nSPS) is 20.4. The smallest absolute Gasteiger partial charge is 0.0429 e. The van der Waals surface area contributed by atoms with Gasteiger partial charge in [0.05, 0.1) is 0 Å². The third-order valence-corrected chi connectivity index (χ3v) is 4.43. The summed E-state index contributed by atoms with van der Waals surface area (Å²) in [6.45, 7) is 7.10. The zero-order chi connectivity index (χ0) is 13.1. The second-order valence-electron chi connectivity index (χ2n) is 5.79. The second kappa shape index (κ2) is 5.93. The highest BCUT2D eigenvalue weighted by Gasteiger charge is 2.17. The molecule has 0 spiro atoms. The molecule has 1 N–H and O–H groups in total. The molecule has 0 radical (unpaired) electrons. The Hall–Kier alpha value is -1.06. The maximum Gasteiger partial charge on any atom is 0.0429 e. The van der Waals surface area contributed by atoms with E-state index in [0.717, 1.165) is 13.1 Å². The van der Waals surface area contributed by atoms with Crippen molar-refractivity contribution in [3.05, 3.63) is 29.3 Å². The highest BCUT2D eigenvalue weighted by molar-refractivity contribution is 5.60. The van der Waals surface area contributed by atoms with Crippen LogP contribution in [0.1, 0.15) is 17.5 Å². The molecule has 1 aromatic carbocycles. The molecule has 0 amide bonds. The van der Waals surface area contributed by atoms with Crippen LogP contribution in [-0.2, 0) is 12.8 Å². The molecule has 104 valence electrons. The van der Waals surface area contributed by atoms with Crippen molar-refractivity contribution in [3.8, 4) is 0 Å². The number of rotatable bonds is 3. The Bertz CT molecular complexity index is 424. The molecule has 1 fully saturated rings. The minimum atomic E-state index is 1.15. The predicted molar refractivity (Wildman–Crippen MR) is 81.0 cm³/mol. The van der Waals surface area contributed by atoms with Crippen LogP contribution in [0.15, 0.2) is 18.2 Å². The van der Waals surface area contributed by atoms with E-state index in [-0.39, 0.29) is 0 Å². The Kier molecular flexibility index (Phi) is 4.04. The first-order valence-electron chi connectivity index (χ1n) is 7.59. The van der Waals surface area contributed by atoms with Crippen LogP contribution in [0, 0.1) is 0 Å². The monoisotopic (exact) mass is 259 g/mol. The molecule has 2 aliphatic rings. The lowest BCUT2D eigenvalue weighted by Gasteiger charge is -2.31. The van der Waals surface area contributed by atoms with E-state index in [4.69, 9.17) is 0 Å². The summed E-state index contributed by atoms with van der Waals surface area (Å²) in [5, 5.41) is 3.42. The summed E-state index contributed by atoms with van der Waals surface area (Å²) >= 11 is 0. The maximum atomic E-state index is 3.42. The van der Waals surface area contributed by atoms with E-state index in [9.17, 15) is 0 Å². The van der Waals surface area contributed by atoms with Crippen molar-refractivity contribution in [2.45, 2.75) is 19.3 Å². The minimum Gasteiger partial charge on any atom is -0.374 e. The lowest BCUT2D eigenvalue weighted by atomic mass is 9.96. The summed E-state index contributed by atoms with van der Waals surface area (Å²) < 4.78 is 0. The van der Waals surface area contributed by atoms with Crippen molar-refractivity contribution in [1.82, 2.24) is 10.2 Å². The number of hydrogen-bond acceptors (Lipinski definition) is 3. The summed E-state index contributed by atoms with van der Waals surface area (Å²) in [6.07, 6.45) is 3.74. The summed E-state index contributed by atoms with van der Waals surface area (Å²) in [6, 6.07) is 6.87. The number of nitrogens with zero attached hydrogens (tertiary/aromatic N) is 2. The maximum absolute atomic E-state index is 3.42. The third kappa shape index (κ3) is 2.93. The van der Waals surface area contributed by atoms with Gasteiger partial charge < -0.3 is 15.1 Å². The Morgan fingerprint density at radius 2 is 2.00 bits per heavy atom. The quantitative estimate of drug-likeness (QED) is 0.888. The number of piperazine rings is 1. The van der Waals surface area contributed by atoms with E-state index >= 15 is 0 Å². The molecular weight excluding hydrogens is 234 g/mol. The van der Waals surface area contributed by atoms with E-state index in [1.807, 2.05) is 0 Å². The molecule has 1 saturated heterocycles. The predicted octanol–water partition coefficient (Wildman–Crippen LogP) is 1.52. The number of nitrogens with one attached hydrogen (secondary N) is 1. The lowest BCUT2D eigenvalue weighted by molar-refractivity contribution is 0.244. The zero-order valence-electron chi connectivity index (χ0n) is 12.0. The van der Waals surface area contributed by atoms with Gasteiger partial charge in [-0.25, -0.2) is 0 Å². The molecule has 2 aliphatic heterocycles. The summed E-state index contributed by atoms with van der Waals surface area (Å²) in [5.41, 5.74) is 4.61. The standard InChI is InChI=1S/C16H25N3/c1-18-10-3-6-14-4-2-5-15(16(14)18)7-11-19-12-8-17-9-13-19/h2,4-5,17H,3,6-13H2,1H3. The van der Waals surface area contributed by atoms with Crippen LogP contribution in [-0.4, -0.2) is 51.2 Å². The summed E-state index contributed by atoms with van der Waals surface area (Å²) in [4.78, 5) is 5.03. The van der Waals surface area contributed by atoms with Crippen molar-refractivity contribution in [2.24, 2.45) is 0 Å². The molecular formula is C16H25N3.